The molecule has 0 radical (unpaired) electrons. The van der Waals surface area contributed by atoms with Gasteiger partial charge < -0.3 is 35.8 Å². The number of ether oxygens (including phenoxy) is 2. The van der Waals surface area contributed by atoms with Crippen LogP contribution in [0.4, 0.5) is 4.39 Å². The second-order valence-electron chi connectivity index (χ2n) is 9.83. The maximum Gasteiger partial charge on any atom is 0.255 e. The number of nitrogens with one attached hydrogen (secondary N) is 4. The molecule has 4 rings (SSSR count). The van der Waals surface area contributed by atoms with Crippen LogP contribution in [0.3, 0.4) is 0 Å². The Morgan fingerprint density at radius 3 is 2.42 bits per heavy atom. The summed E-state index contributed by atoms with van der Waals surface area (Å²) in [6.45, 7) is -0.648. The van der Waals surface area contributed by atoms with E-state index in [1.807, 2.05) is 30.3 Å². The Morgan fingerprint density at radius 1 is 0.953 bits per heavy atom. The summed E-state index contributed by atoms with van der Waals surface area (Å²) in [5.41, 5.74) is 1.06. The number of hydrogen-bond acceptors (Lipinski definition) is 7. The lowest BCUT2D eigenvalue weighted by Crippen LogP contribution is -2.55. The highest BCUT2D eigenvalue weighted by Crippen LogP contribution is 2.19. The Labute approximate surface area is 247 Å². The van der Waals surface area contributed by atoms with Gasteiger partial charge in [-0.2, -0.15) is 0 Å². The first-order valence-corrected chi connectivity index (χ1v) is 13.8. The number of halogens is 1. The molecule has 0 saturated heterocycles. The van der Waals surface area contributed by atoms with Crippen LogP contribution in [-0.2, 0) is 20.8 Å². The van der Waals surface area contributed by atoms with E-state index in [4.69, 9.17) is 9.47 Å². The van der Waals surface area contributed by atoms with Crippen LogP contribution in [0.5, 0.6) is 11.5 Å². The Bertz CT molecular complexity index is 1400. The Kier molecular flexibility index (Phi) is 11.0. The molecule has 0 aliphatic carbocycles. The van der Waals surface area contributed by atoms with E-state index in [0.29, 0.717) is 12.2 Å². The number of amides is 4. The smallest absolute Gasteiger partial charge is 0.255 e. The van der Waals surface area contributed by atoms with Gasteiger partial charge in [0.1, 0.15) is 42.6 Å². The SMILES string of the molecule is O=C1C[C@@H](C(=O)NCCOc2ccc(F)cc2)NC(=O)c2ccccc2OC[C@@H](Cc2ccccc2)NC(=O)[C@H](CO)N1. The van der Waals surface area contributed by atoms with Crippen LogP contribution in [0, 0.1) is 5.82 Å². The maximum atomic E-state index is 13.3. The molecule has 3 atom stereocenters. The summed E-state index contributed by atoms with van der Waals surface area (Å²) >= 11 is 0. The van der Waals surface area contributed by atoms with Crippen molar-refractivity contribution >= 4 is 23.6 Å². The second-order valence-corrected chi connectivity index (χ2v) is 9.83. The highest BCUT2D eigenvalue weighted by Gasteiger charge is 2.29. The van der Waals surface area contributed by atoms with Gasteiger partial charge in [0.05, 0.1) is 31.2 Å². The molecule has 11 nitrogen and oxygen atoms in total. The number of aliphatic hydroxyl groups excluding tert-OH is 1. The Morgan fingerprint density at radius 2 is 1.67 bits per heavy atom. The zero-order chi connectivity index (χ0) is 30.6. The maximum absolute atomic E-state index is 13.3. The molecule has 0 fully saturated rings. The van der Waals surface area contributed by atoms with Crippen molar-refractivity contribution in [3.8, 4) is 11.5 Å². The fraction of sp³-hybridized carbons (Fsp3) is 0.290. The van der Waals surface area contributed by atoms with Crippen molar-refractivity contribution in [3.05, 3.63) is 95.8 Å². The molecular weight excluding hydrogens is 559 g/mol. The predicted molar refractivity (Wildman–Crippen MR) is 154 cm³/mol. The van der Waals surface area contributed by atoms with Crippen molar-refractivity contribution in [1.82, 2.24) is 21.3 Å². The van der Waals surface area contributed by atoms with Gasteiger partial charge in [-0.3, -0.25) is 19.2 Å². The van der Waals surface area contributed by atoms with Gasteiger partial charge >= 0.3 is 0 Å². The molecule has 5 N–H and O–H groups in total. The molecule has 226 valence electrons. The number of carbonyl (C=O) groups excluding carboxylic acids is 4. The second kappa shape index (κ2) is 15.3. The largest absolute Gasteiger partial charge is 0.492 e. The minimum absolute atomic E-state index is 0.0189. The van der Waals surface area contributed by atoms with Gasteiger partial charge in [0.2, 0.25) is 17.7 Å². The molecule has 43 heavy (non-hydrogen) atoms. The molecule has 12 heteroatoms. The summed E-state index contributed by atoms with van der Waals surface area (Å²) in [4.78, 5) is 52.4. The fourth-order valence-electron chi connectivity index (χ4n) is 4.40. The third kappa shape index (κ3) is 9.27. The van der Waals surface area contributed by atoms with Gasteiger partial charge in [-0.25, -0.2) is 4.39 Å². The molecule has 3 aromatic rings. The van der Waals surface area contributed by atoms with Gasteiger partial charge in [0.25, 0.3) is 5.91 Å². The van der Waals surface area contributed by atoms with Crippen molar-refractivity contribution < 1.29 is 38.1 Å². The number of para-hydroxylation sites is 1. The first-order valence-electron chi connectivity index (χ1n) is 13.8. The van der Waals surface area contributed by atoms with E-state index in [-0.39, 0.29) is 31.1 Å². The average molecular weight is 593 g/mol. The van der Waals surface area contributed by atoms with Crippen LogP contribution in [-0.4, -0.2) is 73.2 Å². The average Bonchev–Trinajstić information content (AvgIpc) is 3.01. The lowest BCUT2D eigenvalue weighted by atomic mass is 10.1. The van der Waals surface area contributed by atoms with Crippen molar-refractivity contribution in [2.75, 3.05) is 26.4 Å². The first-order chi connectivity index (χ1) is 20.8. The highest BCUT2D eigenvalue weighted by atomic mass is 19.1. The van der Waals surface area contributed by atoms with Crippen molar-refractivity contribution in [1.29, 1.82) is 0 Å². The van der Waals surface area contributed by atoms with E-state index >= 15 is 0 Å². The standard InChI is InChI=1S/C31H33FN4O7/c32-21-10-12-23(13-11-21)42-15-14-33-30(40)25-17-28(38)35-26(18-37)31(41)34-22(16-20-6-2-1-3-7-20)19-43-27-9-5-4-8-24(27)29(39)36-25/h1-13,22,25-26,37H,14-19H2,(H,33,40)(H,34,41)(H,35,38)(H,36,39)/t22-,25+,26+/m1/s1. The van der Waals surface area contributed by atoms with Gasteiger partial charge in [0.15, 0.2) is 0 Å². The predicted octanol–water partition coefficient (Wildman–Crippen LogP) is 1.11. The normalized spacial score (nSPS) is 19.4. The first kappa shape index (κ1) is 31.0. The molecule has 1 heterocycles. The van der Waals surface area contributed by atoms with Crippen molar-refractivity contribution in [2.24, 2.45) is 0 Å². The number of aliphatic hydroxyl groups is 1. The van der Waals surface area contributed by atoms with E-state index < -0.39 is 60.6 Å². The molecule has 0 aromatic heterocycles. The number of carbonyl (C=O) groups is 4. The zero-order valence-electron chi connectivity index (χ0n) is 23.3. The van der Waals surface area contributed by atoms with Gasteiger partial charge in [-0.15, -0.1) is 0 Å². The number of fused-ring (bicyclic) bond motifs is 1. The molecule has 0 saturated carbocycles. The molecule has 0 unspecified atom stereocenters. The third-order valence-corrected chi connectivity index (χ3v) is 6.57. The van der Waals surface area contributed by atoms with E-state index in [0.717, 1.165) is 5.56 Å². The van der Waals surface area contributed by atoms with Crippen LogP contribution in [0.1, 0.15) is 22.3 Å². The van der Waals surface area contributed by atoms with E-state index in [2.05, 4.69) is 21.3 Å². The summed E-state index contributed by atoms with van der Waals surface area (Å²) in [5, 5.41) is 20.3. The Balaban J connectivity index is 1.50. The van der Waals surface area contributed by atoms with E-state index in [1.165, 1.54) is 30.3 Å². The topological polar surface area (TPSA) is 155 Å². The summed E-state index contributed by atoms with van der Waals surface area (Å²) in [6.07, 6.45) is -0.128. The number of hydrogen-bond donors (Lipinski definition) is 5. The van der Waals surface area contributed by atoms with Crippen LogP contribution in [0.15, 0.2) is 78.9 Å². The monoisotopic (exact) mass is 592 g/mol. The molecule has 3 aromatic carbocycles. The van der Waals surface area contributed by atoms with Gasteiger partial charge in [-0.1, -0.05) is 42.5 Å². The Hall–Kier alpha value is -4.97. The minimum Gasteiger partial charge on any atom is -0.492 e. The molecule has 1 aliphatic heterocycles. The fourth-order valence-corrected chi connectivity index (χ4v) is 4.40. The molecular formula is C31H33FN4O7. The van der Waals surface area contributed by atoms with Gasteiger partial charge in [-0.05, 0) is 48.4 Å². The minimum atomic E-state index is -1.33. The quantitative estimate of drug-likeness (QED) is 0.246. The molecule has 4 amide bonds. The number of benzene rings is 3. The van der Waals surface area contributed by atoms with Crippen molar-refractivity contribution in [3.63, 3.8) is 0 Å². The zero-order valence-corrected chi connectivity index (χ0v) is 23.3. The third-order valence-electron chi connectivity index (χ3n) is 6.57. The van der Waals surface area contributed by atoms with Crippen LogP contribution in [0.2, 0.25) is 0 Å². The van der Waals surface area contributed by atoms with E-state index in [1.54, 1.807) is 18.2 Å². The molecule has 0 bridgehead atoms. The molecule has 1 aliphatic rings. The highest BCUT2D eigenvalue weighted by molar-refractivity contribution is 6.01. The van der Waals surface area contributed by atoms with Crippen molar-refractivity contribution in [2.45, 2.75) is 31.0 Å². The van der Waals surface area contributed by atoms with Crippen LogP contribution >= 0.6 is 0 Å². The van der Waals surface area contributed by atoms with Gasteiger partial charge in [0, 0.05) is 0 Å². The number of rotatable bonds is 8. The molecule has 0 spiro atoms. The summed E-state index contributed by atoms with van der Waals surface area (Å²) in [7, 11) is 0. The summed E-state index contributed by atoms with van der Waals surface area (Å²) in [6, 6.07) is 18.0. The lowest BCUT2D eigenvalue weighted by molar-refractivity contribution is -0.132. The summed E-state index contributed by atoms with van der Waals surface area (Å²) < 4.78 is 24.6. The van der Waals surface area contributed by atoms with E-state index in [9.17, 15) is 28.7 Å². The lowest BCUT2D eigenvalue weighted by Gasteiger charge is -2.25. The van der Waals surface area contributed by atoms with Crippen LogP contribution < -0.4 is 30.7 Å². The summed E-state index contributed by atoms with van der Waals surface area (Å²) in [5.74, 6) is -2.48. The van der Waals surface area contributed by atoms with Crippen LogP contribution in [0.25, 0.3) is 0 Å².